The van der Waals surface area contributed by atoms with E-state index in [1.807, 2.05) is 0 Å². The van der Waals surface area contributed by atoms with E-state index in [1.165, 1.54) is 6.92 Å². The highest BCUT2D eigenvalue weighted by atomic mass is 31.1. The Bertz CT molecular complexity index is 307. The summed E-state index contributed by atoms with van der Waals surface area (Å²) in [7, 11) is -0.565. The van der Waals surface area contributed by atoms with E-state index >= 15 is 0 Å². The van der Waals surface area contributed by atoms with Gasteiger partial charge in [-0.3, -0.25) is 9.36 Å². The Kier molecular flexibility index (Phi) is 3.42. The number of carboxylic acid groups (broad SMARTS) is 1. The van der Waals surface area contributed by atoms with Gasteiger partial charge in [-0.1, -0.05) is 0 Å². The largest absolute Gasteiger partial charge is 0.479 e. The fourth-order valence-corrected chi connectivity index (χ4v) is 2.32. The Morgan fingerprint density at radius 2 is 2.20 bits per heavy atom. The molecule has 0 bridgehead atoms. The van der Waals surface area contributed by atoms with E-state index in [0.29, 0.717) is 13.0 Å². The highest BCUT2D eigenvalue weighted by Gasteiger charge is 2.51. The minimum absolute atomic E-state index is 0.200. The van der Waals surface area contributed by atoms with E-state index in [1.54, 1.807) is 0 Å². The van der Waals surface area contributed by atoms with E-state index < -0.39 is 31.7 Å². The number of hydrogen-bond acceptors (Lipinski definition) is 4. The van der Waals surface area contributed by atoms with Gasteiger partial charge in [-0.25, -0.2) is 4.79 Å². The van der Waals surface area contributed by atoms with E-state index in [9.17, 15) is 14.2 Å². The number of nitrogens with two attached hydrogens (primary N) is 1. The van der Waals surface area contributed by atoms with Gasteiger partial charge < -0.3 is 15.7 Å². The summed E-state index contributed by atoms with van der Waals surface area (Å²) in [4.78, 5) is 23.8. The number of carboxylic acids is 1. The molecule has 1 aliphatic heterocycles. The first kappa shape index (κ1) is 12.1. The molecule has 1 rings (SSSR count). The molecule has 1 amide bonds. The molecule has 0 spiro atoms. The van der Waals surface area contributed by atoms with Crippen LogP contribution in [0.25, 0.3) is 0 Å². The minimum atomic E-state index is -1.61. The van der Waals surface area contributed by atoms with Gasteiger partial charge in [0.05, 0.1) is 6.04 Å². The summed E-state index contributed by atoms with van der Waals surface area (Å²) < 4.78 is 11.0. The maximum Gasteiger partial charge on any atom is 0.341 e. The predicted molar refractivity (Wildman–Crippen MR) is 52.6 cm³/mol. The van der Waals surface area contributed by atoms with E-state index in [4.69, 9.17) is 10.8 Å². The van der Waals surface area contributed by atoms with Crippen LogP contribution in [0, 0.1) is 0 Å². The summed E-state index contributed by atoms with van der Waals surface area (Å²) in [5.74, 6) is -1.72. The molecule has 0 aromatic rings. The highest BCUT2D eigenvalue weighted by molar-refractivity contribution is 7.27. The van der Waals surface area contributed by atoms with Gasteiger partial charge in [0.25, 0.3) is 0 Å². The number of hydrogen-bond donors (Lipinski definition) is 2. The zero-order valence-electron chi connectivity index (χ0n) is 8.34. The lowest BCUT2D eigenvalue weighted by Crippen LogP contribution is -2.53. The fourth-order valence-electron chi connectivity index (χ4n) is 1.70. The third-order valence-electron chi connectivity index (χ3n) is 2.50. The second kappa shape index (κ2) is 4.24. The lowest BCUT2D eigenvalue weighted by molar-refractivity contribution is -0.151. The lowest BCUT2D eigenvalue weighted by Gasteiger charge is -2.29. The van der Waals surface area contributed by atoms with Crippen molar-refractivity contribution in [2.45, 2.75) is 31.1 Å². The normalized spacial score (nSPS) is 28.0. The van der Waals surface area contributed by atoms with Crippen molar-refractivity contribution >= 4 is 20.3 Å². The van der Waals surface area contributed by atoms with Crippen molar-refractivity contribution in [1.82, 2.24) is 4.90 Å². The minimum Gasteiger partial charge on any atom is -0.479 e. The second-order valence-corrected chi connectivity index (χ2v) is 4.52. The molecule has 6 nitrogen and oxygen atoms in total. The molecule has 0 aromatic carbocycles. The number of amides is 1. The Hall–Kier alpha value is -1.00. The van der Waals surface area contributed by atoms with Crippen LogP contribution in [0.5, 0.6) is 0 Å². The molecule has 1 aliphatic rings. The van der Waals surface area contributed by atoms with Gasteiger partial charge in [-0.15, -0.1) is 0 Å². The maximum absolute atomic E-state index is 11.6. The van der Waals surface area contributed by atoms with Gasteiger partial charge in [0.15, 0.2) is 8.46 Å². The van der Waals surface area contributed by atoms with E-state index in [0.717, 1.165) is 4.90 Å². The van der Waals surface area contributed by atoms with Gasteiger partial charge in [0.2, 0.25) is 11.2 Å². The van der Waals surface area contributed by atoms with Crippen molar-refractivity contribution in [2.24, 2.45) is 5.73 Å². The van der Waals surface area contributed by atoms with Crippen LogP contribution < -0.4 is 5.73 Å². The van der Waals surface area contributed by atoms with E-state index in [-0.39, 0.29) is 6.42 Å². The smallest absolute Gasteiger partial charge is 0.341 e. The molecule has 7 heteroatoms. The van der Waals surface area contributed by atoms with Crippen molar-refractivity contribution in [1.29, 1.82) is 0 Å². The van der Waals surface area contributed by atoms with Gasteiger partial charge in [-0.2, -0.15) is 0 Å². The highest BCUT2D eigenvalue weighted by Crippen LogP contribution is 2.38. The number of likely N-dealkylation sites (tertiary alicyclic amines) is 1. The van der Waals surface area contributed by atoms with Crippen LogP contribution in [-0.2, 0) is 14.2 Å². The molecule has 0 saturated carbocycles. The van der Waals surface area contributed by atoms with Gasteiger partial charge in [-0.05, 0) is 19.8 Å². The summed E-state index contributed by atoms with van der Waals surface area (Å²) in [6.07, 6.45) is 0.728. The van der Waals surface area contributed by atoms with Crippen LogP contribution in [0.15, 0.2) is 0 Å². The van der Waals surface area contributed by atoms with Crippen LogP contribution >= 0.6 is 8.46 Å². The molecule has 1 heterocycles. The maximum atomic E-state index is 11.6. The van der Waals surface area contributed by atoms with E-state index in [2.05, 4.69) is 0 Å². The third-order valence-corrected chi connectivity index (χ3v) is 3.46. The molecular formula is C8H13N2O4P. The molecule has 3 N–H and O–H groups in total. The summed E-state index contributed by atoms with van der Waals surface area (Å²) in [5.41, 5.74) is 5.40. The Morgan fingerprint density at radius 3 is 2.60 bits per heavy atom. The average molecular weight is 232 g/mol. The van der Waals surface area contributed by atoms with Crippen molar-refractivity contribution < 1.29 is 19.3 Å². The summed E-state index contributed by atoms with van der Waals surface area (Å²) in [5, 5.41) is 7.42. The number of aliphatic carboxylic acids is 1. The number of nitrogens with zero attached hydrogens (tertiary/aromatic N) is 1. The molecule has 1 fully saturated rings. The molecule has 0 radical (unpaired) electrons. The van der Waals surface area contributed by atoms with Crippen molar-refractivity contribution in [3.63, 3.8) is 0 Å². The first-order valence-corrected chi connectivity index (χ1v) is 5.42. The van der Waals surface area contributed by atoms with Crippen LogP contribution in [0.4, 0.5) is 0 Å². The second-order valence-electron chi connectivity index (χ2n) is 3.60. The standard InChI is InChI=1S/C8H13N2O4P/c1-5(9)6(11)10-4-2-3-8(10,15-14)7(12)13/h5H,2-4,9H2,1H3,(H,12,13). The van der Waals surface area contributed by atoms with Crippen LogP contribution in [0.1, 0.15) is 19.8 Å². The summed E-state index contributed by atoms with van der Waals surface area (Å²) in [6, 6.07) is -0.774. The SMILES string of the molecule is CC(N)C(=O)N1CCCC1(P=O)C(=O)O. The number of carbonyl (C=O) groups is 2. The Balaban J connectivity index is 3.02. The Labute approximate surface area is 88.6 Å². The molecule has 15 heavy (non-hydrogen) atoms. The molecule has 2 unspecified atom stereocenters. The summed E-state index contributed by atoms with van der Waals surface area (Å²) >= 11 is 0. The molecule has 84 valence electrons. The average Bonchev–Trinajstić information content (AvgIpc) is 2.60. The number of rotatable bonds is 3. The zero-order valence-corrected chi connectivity index (χ0v) is 9.24. The summed E-state index contributed by atoms with van der Waals surface area (Å²) in [6.45, 7) is 1.77. The monoisotopic (exact) mass is 232 g/mol. The van der Waals surface area contributed by atoms with Crippen molar-refractivity contribution in [2.75, 3.05) is 6.54 Å². The predicted octanol–water partition coefficient (Wildman–Crippen LogP) is 0.0286. The molecule has 0 aromatic heterocycles. The first-order chi connectivity index (χ1) is 6.95. The molecule has 0 aliphatic carbocycles. The zero-order chi connectivity index (χ0) is 11.6. The van der Waals surface area contributed by atoms with Crippen LogP contribution in [-0.4, -0.2) is 39.7 Å². The topological polar surface area (TPSA) is 101 Å². The molecule has 2 atom stereocenters. The lowest BCUT2D eigenvalue weighted by atomic mass is 10.2. The quantitative estimate of drug-likeness (QED) is 0.668. The first-order valence-electron chi connectivity index (χ1n) is 4.60. The van der Waals surface area contributed by atoms with Gasteiger partial charge >= 0.3 is 5.97 Å². The van der Waals surface area contributed by atoms with Gasteiger partial charge in [0, 0.05) is 6.54 Å². The van der Waals surface area contributed by atoms with Crippen LogP contribution in [0.2, 0.25) is 0 Å². The van der Waals surface area contributed by atoms with Crippen LogP contribution in [0.3, 0.4) is 0 Å². The molecule has 1 saturated heterocycles. The van der Waals surface area contributed by atoms with Crippen molar-refractivity contribution in [3.05, 3.63) is 0 Å². The van der Waals surface area contributed by atoms with Gasteiger partial charge in [0.1, 0.15) is 0 Å². The molecular weight excluding hydrogens is 219 g/mol. The number of carbonyl (C=O) groups excluding carboxylic acids is 1. The van der Waals surface area contributed by atoms with Crippen molar-refractivity contribution in [3.8, 4) is 0 Å². The Morgan fingerprint density at radius 1 is 1.60 bits per heavy atom. The third kappa shape index (κ3) is 1.87. The fraction of sp³-hybridized carbons (Fsp3) is 0.750.